The maximum absolute atomic E-state index is 5.85. The average Bonchev–Trinajstić information content (AvgIpc) is 2.58. The lowest BCUT2D eigenvalue weighted by molar-refractivity contribution is 0.478. The van der Waals surface area contributed by atoms with Crippen molar-refractivity contribution in [1.29, 1.82) is 0 Å². The molecule has 0 aliphatic rings. The van der Waals surface area contributed by atoms with E-state index in [1.54, 1.807) is 18.2 Å². The van der Waals surface area contributed by atoms with Crippen molar-refractivity contribution in [3.8, 4) is 10.9 Å². The van der Waals surface area contributed by atoms with Gasteiger partial charge in [-0.05, 0) is 28.1 Å². The molecule has 2 nitrogen and oxygen atoms in total. The van der Waals surface area contributed by atoms with Crippen molar-refractivity contribution in [3.05, 3.63) is 38.2 Å². The third-order valence-corrected chi connectivity index (χ3v) is 3.72. The molecule has 0 saturated carbocycles. The topological polar surface area (TPSA) is 22.1 Å². The van der Waals surface area contributed by atoms with Crippen LogP contribution in [0.1, 0.15) is 0 Å². The van der Waals surface area contributed by atoms with Crippen LogP contribution in [0.4, 0.5) is 0 Å². The number of hydrogen-bond acceptors (Lipinski definition) is 3. The summed E-state index contributed by atoms with van der Waals surface area (Å²) in [6, 6.07) is 5.07. The van der Waals surface area contributed by atoms with E-state index in [-0.39, 0.29) is 0 Å². The molecular weight excluding hydrogens is 321 g/mol. The molecule has 2 aromatic rings. The van der Waals surface area contributed by atoms with E-state index in [1.807, 2.05) is 5.38 Å². The van der Waals surface area contributed by atoms with Gasteiger partial charge in [-0.3, -0.25) is 0 Å². The van der Waals surface area contributed by atoms with E-state index in [2.05, 4.69) is 20.9 Å². The van der Waals surface area contributed by atoms with Crippen molar-refractivity contribution in [3.63, 3.8) is 0 Å². The van der Waals surface area contributed by atoms with Crippen LogP contribution >= 0.6 is 50.5 Å². The maximum Gasteiger partial charge on any atom is 0.279 e. The predicted octanol–water partition coefficient (Wildman–Crippen LogP) is 5.00. The van der Waals surface area contributed by atoms with Crippen LogP contribution in [-0.4, -0.2) is 4.98 Å². The molecule has 0 fully saturated rings. The molecule has 0 radical (unpaired) electrons. The van der Waals surface area contributed by atoms with Crippen molar-refractivity contribution in [1.82, 2.24) is 4.98 Å². The fourth-order valence-electron chi connectivity index (χ4n) is 0.927. The Kier molecular flexibility index (Phi) is 3.51. The van der Waals surface area contributed by atoms with E-state index in [0.29, 0.717) is 21.0 Å². The highest BCUT2D eigenvalue weighted by molar-refractivity contribution is 9.10. The highest BCUT2D eigenvalue weighted by atomic mass is 79.9. The first-order valence-corrected chi connectivity index (χ1v) is 6.32. The summed E-state index contributed by atoms with van der Waals surface area (Å²) >= 11 is 16.3. The normalized spacial score (nSPS) is 10.3. The summed E-state index contributed by atoms with van der Waals surface area (Å²) in [5, 5.41) is 3.36. The van der Waals surface area contributed by atoms with Gasteiger partial charge in [-0.15, -0.1) is 0 Å². The molecule has 0 unspecified atom stereocenters. The Bertz CT molecular complexity index is 489. The van der Waals surface area contributed by atoms with E-state index in [1.165, 1.54) is 11.3 Å². The van der Waals surface area contributed by atoms with Crippen LogP contribution in [0, 0.1) is 0 Å². The van der Waals surface area contributed by atoms with Crippen molar-refractivity contribution >= 4 is 50.5 Å². The Labute approximate surface area is 109 Å². The van der Waals surface area contributed by atoms with Gasteiger partial charge < -0.3 is 4.74 Å². The Morgan fingerprint density at radius 1 is 1.27 bits per heavy atom. The minimum absolute atomic E-state index is 0.463. The summed E-state index contributed by atoms with van der Waals surface area (Å²) < 4.78 is 6.22. The van der Waals surface area contributed by atoms with E-state index in [4.69, 9.17) is 27.9 Å². The van der Waals surface area contributed by atoms with E-state index in [9.17, 15) is 0 Å². The largest absolute Gasteiger partial charge is 0.431 e. The molecule has 0 bridgehead atoms. The highest BCUT2D eigenvalue weighted by Crippen LogP contribution is 2.31. The Morgan fingerprint density at radius 3 is 2.67 bits per heavy atom. The second-order valence-electron chi connectivity index (χ2n) is 2.61. The van der Waals surface area contributed by atoms with Crippen LogP contribution in [0.2, 0.25) is 10.0 Å². The lowest BCUT2D eigenvalue weighted by Crippen LogP contribution is -1.82. The number of aromatic nitrogens is 1. The van der Waals surface area contributed by atoms with Crippen molar-refractivity contribution < 1.29 is 4.74 Å². The van der Waals surface area contributed by atoms with Gasteiger partial charge in [0.05, 0.1) is 10.0 Å². The van der Waals surface area contributed by atoms with Crippen LogP contribution in [0.15, 0.2) is 28.2 Å². The summed E-state index contributed by atoms with van der Waals surface area (Å²) in [5.41, 5.74) is 0. The maximum atomic E-state index is 5.85. The third kappa shape index (κ3) is 2.84. The lowest BCUT2D eigenvalue weighted by Gasteiger charge is -2.02. The van der Waals surface area contributed by atoms with Crippen molar-refractivity contribution in [2.45, 2.75) is 0 Å². The highest BCUT2D eigenvalue weighted by Gasteiger charge is 2.04. The Morgan fingerprint density at radius 2 is 2.07 bits per heavy atom. The van der Waals surface area contributed by atoms with E-state index >= 15 is 0 Å². The SMILES string of the molecule is Clc1ccc(Oc2nc(Br)cs2)cc1Cl. The number of benzene rings is 1. The summed E-state index contributed by atoms with van der Waals surface area (Å²) in [4.78, 5) is 4.09. The first-order chi connectivity index (χ1) is 7.15. The van der Waals surface area contributed by atoms with Gasteiger partial charge in [-0.2, -0.15) is 4.98 Å². The molecule has 0 aliphatic heterocycles. The van der Waals surface area contributed by atoms with E-state index in [0.717, 1.165) is 4.60 Å². The smallest absolute Gasteiger partial charge is 0.279 e. The third-order valence-electron chi connectivity index (χ3n) is 1.55. The van der Waals surface area contributed by atoms with Crippen LogP contribution < -0.4 is 4.74 Å². The molecule has 0 amide bonds. The molecule has 78 valence electrons. The standard InChI is InChI=1S/C9H4BrCl2NOS/c10-8-4-15-9(13-8)14-5-1-2-6(11)7(12)3-5/h1-4H. The van der Waals surface area contributed by atoms with Gasteiger partial charge >= 0.3 is 0 Å². The number of ether oxygens (including phenoxy) is 1. The lowest BCUT2D eigenvalue weighted by atomic mass is 10.3. The van der Waals surface area contributed by atoms with E-state index < -0.39 is 0 Å². The van der Waals surface area contributed by atoms with Gasteiger partial charge in [-0.25, -0.2) is 0 Å². The summed E-state index contributed by atoms with van der Waals surface area (Å²) in [7, 11) is 0. The molecular formula is C9H4BrCl2NOS. The van der Waals surface area contributed by atoms with Gasteiger partial charge in [0.25, 0.3) is 5.19 Å². The van der Waals surface area contributed by atoms with Crippen LogP contribution in [0.25, 0.3) is 0 Å². The molecule has 0 saturated heterocycles. The number of thiazole rings is 1. The number of rotatable bonds is 2. The zero-order valence-corrected chi connectivity index (χ0v) is 11.1. The number of hydrogen-bond donors (Lipinski definition) is 0. The zero-order valence-electron chi connectivity index (χ0n) is 7.21. The fourth-order valence-corrected chi connectivity index (χ4v) is 2.32. The molecule has 0 N–H and O–H groups in total. The summed E-state index contributed by atoms with van der Waals surface area (Å²) in [5.74, 6) is 0.617. The number of nitrogens with zero attached hydrogens (tertiary/aromatic N) is 1. The summed E-state index contributed by atoms with van der Waals surface area (Å²) in [6.45, 7) is 0. The predicted molar refractivity (Wildman–Crippen MR) is 66.4 cm³/mol. The van der Waals surface area contributed by atoms with Gasteiger partial charge in [0.1, 0.15) is 10.4 Å². The number of halogens is 3. The minimum atomic E-state index is 0.463. The summed E-state index contributed by atoms with van der Waals surface area (Å²) in [6.07, 6.45) is 0. The second kappa shape index (κ2) is 4.70. The van der Waals surface area contributed by atoms with Crippen molar-refractivity contribution in [2.24, 2.45) is 0 Å². The molecule has 2 rings (SSSR count). The Hall–Kier alpha value is -0.290. The molecule has 15 heavy (non-hydrogen) atoms. The molecule has 0 atom stereocenters. The first kappa shape index (κ1) is 11.2. The van der Waals surface area contributed by atoms with Crippen molar-refractivity contribution in [2.75, 3.05) is 0 Å². The monoisotopic (exact) mass is 323 g/mol. The molecule has 0 spiro atoms. The first-order valence-electron chi connectivity index (χ1n) is 3.89. The molecule has 1 aromatic carbocycles. The second-order valence-corrected chi connectivity index (χ2v) is 5.06. The zero-order chi connectivity index (χ0) is 10.8. The van der Waals surface area contributed by atoms with Crippen LogP contribution in [-0.2, 0) is 0 Å². The van der Waals surface area contributed by atoms with Gasteiger partial charge in [-0.1, -0.05) is 34.5 Å². The average molecular weight is 325 g/mol. The molecule has 0 aliphatic carbocycles. The van der Waals surface area contributed by atoms with Crippen LogP contribution in [0.5, 0.6) is 10.9 Å². The quantitative estimate of drug-likeness (QED) is 0.775. The molecule has 1 heterocycles. The van der Waals surface area contributed by atoms with Gasteiger partial charge in [0.2, 0.25) is 0 Å². The molecule has 6 heteroatoms. The van der Waals surface area contributed by atoms with Crippen LogP contribution in [0.3, 0.4) is 0 Å². The van der Waals surface area contributed by atoms with Gasteiger partial charge in [0, 0.05) is 11.4 Å². The minimum Gasteiger partial charge on any atom is -0.431 e. The fraction of sp³-hybridized carbons (Fsp3) is 0. The molecule has 1 aromatic heterocycles. The Balaban J connectivity index is 2.21. The van der Waals surface area contributed by atoms with Gasteiger partial charge in [0.15, 0.2) is 0 Å².